The average molecular weight is 266 g/mol. The lowest BCUT2D eigenvalue weighted by molar-refractivity contribution is 0.0520. The van der Waals surface area contributed by atoms with Gasteiger partial charge in [-0.15, -0.1) is 0 Å². The normalized spacial score (nSPS) is 10.7. The third-order valence-electron chi connectivity index (χ3n) is 2.09. The van der Waals surface area contributed by atoms with Gasteiger partial charge >= 0.3 is 6.09 Å². The van der Waals surface area contributed by atoms with Gasteiger partial charge in [-0.2, -0.15) is 0 Å². The molecule has 1 N–H and O–H groups in total. The Kier molecular flexibility index (Phi) is 4.86. The minimum atomic E-state index is -0.635. The van der Waals surface area contributed by atoms with Gasteiger partial charge in [0.2, 0.25) is 0 Å². The second-order valence-electron chi connectivity index (χ2n) is 4.85. The van der Waals surface area contributed by atoms with E-state index in [9.17, 15) is 9.59 Å². The minimum Gasteiger partial charge on any atom is -0.496 e. The molecule has 0 bridgehead atoms. The maximum atomic E-state index is 11.9. The largest absolute Gasteiger partial charge is 0.496 e. The van der Waals surface area contributed by atoms with Crippen molar-refractivity contribution in [2.24, 2.45) is 0 Å². The van der Waals surface area contributed by atoms with Crippen LogP contribution < -0.4 is 10.1 Å². The molecule has 0 spiro atoms. The summed E-state index contributed by atoms with van der Waals surface area (Å²) >= 11 is 0. The molecule has 0 aromatic carbocycles. The molecule has 1 amide bonds. The molecule has 0 saturated carbocycles. The van der Waals surface area contributed by atoms with E-state index in [4.69, 9.17) is 9.47 Å². The van der Waals surface area contributed by atoms with Crippen molar-refractivity contribution in [3.63, 3.8) is 0 Å². The van der Waals surface area contributed by atoms with Crippen molar-refractivity contribution in [1.29, 1.82) is 0 Å². The molecule has 19 heavy (non-hydrogen) atoms. The second-order valence-corrected chi connectivity index (χ2v) is 4.85. The van der Waals surface area contributed by atoms with Crippen LogP contribution in [0, 0.1) is 0 Å². The Labute approximate surface area is 112 Å². The number of pyridine rings is 1. The van der Waals surface area contributed by atoms with E-state index in [0.717, 1.165) is 0 Å². The van der Waals surface area contributed by atoms with E-state index in [1.54, 1.807) is 26.8 Å². The van der Waals surface area contributed by atoms with Crippen molar-refractivity contribution in [1.82, 2.24) is 10.3 Å². The van der Waals surface area contributed by atoms with Gasteiger partial charge in [-0.05, 0) is 26.8 Å². The van der Waals surface area contributed by atoms with Crippen LogP contribution in [0.25, 0.3) is 0 Å². The zero-order chi connectivity index (χ0) is 14.5. The highest BCUT2D eigenvalue weighted by molar-refractivity contribution is 6.00. The number of carbonyl (C=O) groups excluding carboxylic acids is 2. The molecule has 1 rings (SSSR count). The van der Waals surface area contributed by atoms with Crippen LogP contribution in [0.3, 0.4) is 0 Å². The summed E-state index contributed by atoms with van der Waals surface area (Å²) in [5.41, 5.74) is -0.278. The van der Waals surface area contributed by atoms with Gasteiger partial charge in [0, 0.05) is 12.4 Å². The van der Waals surface area contributed by atoms with E-state index in [2.05, 4.69) is 10.3 Å². The van der Waals surface area contributed by atoms with Crippen LogP contribution in [0.5, 0.6) is 5.75 Å². The molecule has 6 nitrogen and oxygen atoms in total. The van der Waals surface area contributed by atoms with E-state index in [-0.39, 0.29) is 12.3 Å². The molecule has 0 atom stereocenters. The van der Waals surface area contributed by atoms with Crippen LogP contribution in [-0.4, -0.2) is 36.1 Å². The number of nitrogens with zero attached hydrogens (tertiary/aromatic N) is 1. The van der Waals surface area contributed by atoms with Crippen LogP contribution in [0.1, 0.15) is 31.1 Å². The van der Waals surface area contributed by atoms with Crippen LogP contribution >= 0.6 is 0 Å². The number of methoxy groups -OCH3 is 1. The molecular weight excluding hydrogens is 248 g/mol. The van der Waals surface area contributed by atoms with Crippen molar-refractivity contribution in [2.45, 2.75) is 26.4 Å². The third kappa shape index (κ3) is 4.95. The number of ketones is 1. The Bertz CT molecular complexity index is 466. The summed E-state index contributed by atoms with van der Waals surface area (Å²) in [6.45, 7) is 5.08. The smallest absolute Gasteiger partial charge is 0.408 e. The SMILES string of the molecule is COc1ccncc1C(=O)CNC(=O)OC(C)(C)C. The first kappa shape index (κ1) is 14.9. The average Bonchev–Trinajstić information content (AvgIpc) is 2.33. The zero-order valence-electron chi connectivity index (χ0n) is 11.5. The summed E-state index contributed by atoms with van der Waals surface area (Å²) in [5, 5.41) is 2.39. The Morgan fingerprint density at radius 3 is 2.63 bits per heavy atom. The number of carbonyl (C=O) groups is 2. The topological polar surface area (TPSA) is 77.5 Å². The molecule has 0 aliphatic carbocycles. The molecule has 0 fully saturated rings. The first-order valence-electron chi connectivity index (χ1n) is 5.81. The Hall–Kier alpha value is -2.11. The van der Waals surface area contributed by atoms with Gasteiger partial charge in [-0.3, -0.25) is 9.78 Å². The maximum Gasteiger partial charge on any atom is 0.408 e. The number of Topliss-reactive ketones (excluding diaryl/α,β-unsaturated/α-hetero) is 1. The summed E-state index contributed by atoms with van der Waals surface area (Å²) in [7, 11) is 1.47. The Morgan fingerprint density at radius 1 is 1.37 bits per heavy atom. The molecule has 0 radical (unpaired) electrons. The highest BCUT2D eigenvalue weighted by Crippen LogP contribution is 2.16. The van der Waals surface area contributed by atoms with Crippen molar-refractivity contribution in [3.05, 3.63) is 24.0 Å². The summed E-state index contributed by atoms with van der Waals surface area (Å²) in [6, 6.07) is 1.58. The van der Waals surface area contributed by atoms with Gasteiger partial charge in [-0.25, -0.2) is 4.79 Å². The number of rotatable bonds is 4. The molecule has 0 unspecified atom stereocenters. The minimum absolute atomic E-state index is 0.170. The van der Waals surface area contributed by atoms with Crippen molar-refractivity contribution < 1.29 is 19.1 Å². The van der Waals surface area contributed by atoms with Crippen LogP contribution in [0.4, 0.5) is 4.79 Å². The summed E-state index contributed by atoms with van der Waals surface area (Å²) in [6.07, 6.45) is 2.29. The second kappa shape index (κ2) is 6.17. The number of hydrogen-bond donors (Lipinski definition) is 1. The highest BCUT2D eigenvalue weighted by atomic mass is 16.6. The van der Waals surface area contributed by atoms with Gasteiger partial charge in [0.1, 0.15) is 11.4 Å². The lowest BCUT2D eigenvalue weighted by Crippen LogP contribution is -2.35. The summed E-state index contributed by atoms with van der Waals surface area (Å²) < 4.78 is 10.1. The molecule has 104 valence electrons. The predicted octanol–water partition coefficient (Wildman–Crippen LogP) is 1.80. The Morgan fingerprint density at radius 2 is 2.05 bits per heavy atom. The standard InChI is InChI=1S/C13H18N2O4/c1-13(2,3)19-12(17)15-8-10(16)9-7-14-6-5-11(9)18-4/h5-7H,8H2,1-4H3,(H,15,17). The number of amides is 1. The summed E-state index contributed by atoms with van der Waals surface area (Å²) in [5.74, 6) is 0.127. The molecular formula is C13H18N2O4. The molecule has 1 aromatic rings. The van der Waals surface area contributed by atoms with Crippen molar-refractivity contribution >= 4 is 11.9 Å². The van der Waals surface area contributed by atoms with Crippen LogP contribution in [0.2, 0.25) is 0 Å². The molecule has 0 saturated heterocycles. The molecule has 0 aliphatic heterocycles. The first-order chi connectivity index (χ1) is 8.83. The predicted molar refractivity (Wildman–Crippen MR) is 69.4 cm³/mol. The first-order valence-corrected chi connectivity index (χ1v) is 5.81. The molecule has 1 heterocycles. The van der Waals surface area contributed by atoms with E-state index in [0.29, 0.717) is 11.3 Å². The fourth-order valence-electron chi connectivity index (χ4n) is 1.33. The number of ether oxygens (including phenoxy) is 2. The molecule has 1 aromatic heterocycles. The van der Waals surface area contributed by atoms with Crippen LogP contribution in [0.15, 0.2) is 18.5 Å². The fourth-order valence-corrected chi connectivity index (χ4v) is 1.33. The summed E-state index contributed by atoms with van der Waals surface area (Å²) in [4.78, 5) is 27.2. The Balaban J connectivity index is 2.59. The van der Waals surface area contributed by atoms with E-state index < -0.39 is 11.7 Å². The monoisotopic (exact) mass is 266 g/mol. The maximum absolute atomic E-state index is 11.9. The van der Waals surface area contributed by atoms with E-state index in [1.165, 1.54) is 19.5 Å². The lowest BCUT2D eigenvalue weighted by atomic mass is 10.1. The van der Waals surface area contributed by atoms with Gasteiger partial charge in [-0.1, -0.05) is 0 Å². The number of hydrogen-bond acceptors (Lipinski definition) is 5. The van der Waals surface area contributed by atoms with Gasteiger partial charge < -0.3 is 14.8 Å². The van der Waals surface area contributed by atoms with E-state index >= 15 is 0 Å². The lowest BCUT2D eigenvalue weighted by Gasteiger charge is -2.19. The number of nitrogens with one attached hydrogen (secondary N) is 1. The molecule has 0 aliphatic rings. The number of alkyl carbamates (subject to hydrolysis) is 1. The van der Waals surface area contributed by atoms with Crippen molar-refractivity contribution in [3.8, 4) is 5.75 Å². The van der Waals surface area contributed by atoms with Gasteiger partial charge in [0.15, 0.2) is 5.78 Å². The van der Waals surface area contributed by atoms with Gasteiger partial charge in [0.05, 0.1) is 19.2 Å². The van der Waals surface area contributed by atoms with Crippen LogP contribution in [-0.2, 0) is 4.74 Å². The van der Waals surface area contributed by atoms with Gasteiger partial charge in [0.25, 0.3) is 0 Å². The number of aromatic nitrogens is 1. The van der Waals surface area contributed by atoms with E-state index in [1.807, 2.05) is 0 Å². The quantitative estimate of drug-likeness (QED) is 0.841. The zero-order valence-corrected chi connectivity index (χ0v) is 11.5. The van der Waals surface area contributed by atoms with Crippen molar-refractivity contribution in [2.75, 3.05) is 13.7 Å². The molecule has 6 heteroatoms. The fraction of sp³-hybridized carbons (Fsp3) is 0.462. The highest BCUT2D eigenvalue weighted by Gasteiger charge is 2.18. The third-order valence-corrected chi connectivity index (χ3v) is 2.09.